The smallest absolute Gasteiger partial charge is 0.234 e. The monoisotopic (exact) mass is 140 g/mol. The highest BCUT2D eigenvalue weighted by Gasteiger charge is 1.87. The normalized spacial score (nSPS) is 8.29. The lowest BCUT2D eigenvalue weighted by atomic mass is 11.4. The van der Waals surface area contributed by atoms with Crippen molar-refractivity contribution in [3.8, 4) is 0 Å². The molecule has 0 fully saturated rings. The highest BCUT2D eigenvalue weighted by atomic mass is 35.5. The van der Waals surface area contributed by atoms with E-state index >= 15 is 0 Å². The predicted molar refractivity (Wildman–Crippen MR) is 30.4 cm³/mol. The molecule has 42 valence electrons. The second-order valence-electron chi connectivity index (χ2n) is 0.704. The van der Waals surface area contributed by atoms with Crippen molar-refractivity contribution in [2.75, 3.05) is 5.21 Å². The predicted octanol–water partition coefficient (Wildman–Crippen LogP) is 0.163. The van der Waals surface area contributed by atoms with E-state index in [9.17, 15) is 4.79 Å². The Balaban J connectivity index is 2.98. The first-order chi connectivity index (χ1) is 3.31. The van der Waals surface area contributed by atoms with E-state index < -0.39 is 0 Å². The Bertz CT molecular complexity index is 61.7. The molecule has 0 aromatic heterocycles. The number of halogens is 1. The van der Waals surface area contributed by atoms with Crippen LogP contribution in [0.4, 0.5) is 0 Å². The van der Waals surface area contributed by atoms with Crippen LogP contribution in [0.3, 0.4) is 0 Å². The fraction of sp³-hybridized carbons (Fsp3) is 0.500. The van der Waals surface area contributed by atoms with Gasteiger partial charge in [0.05, 0.1) is 5.21 Å². The zero-order valence-corrected chi connectivity index (χ0v) is 5.08. The molecule has 1 amide bonds. The van der Waals surface area contributed by atoms with E-state index in [1.165, 1.54) is 0 Å². The molecule has 2 N–H and O–H groups in total. The quantitative estimate of drug-likeness (QED) is 0.152. The summed E-state index contributed by atoms with van der Waals surface area (Å²) in [6.45, 7) is 0. The summed E-state index contributed by atoms with van der Waals surface area (Å²) in [4.78, 5) is 9.62. The Labute approximate surface area is 50.9 Å². The molecule has 5 heteroatoms. The molecule has 0 rings (SSSR count). The Morgan fingerprint density at radius 3 is 2.71 bits per heavy atom. The standard InChI is InChI=1S/C2H5ClN2OS/c3-1-7-5(4)2-6/h2H,1,4H2. The lowest BCUT2D eigenvalue weighted by molar-refractivity contribution is -0.113. The van der Waals surface area contributed by atoms with Crippen molar-refractivity contribution in [1.29, 1.82) is 0 Å². The Hall–Kier alpha value is 0.0700. The molecule has 0 aliphatic rings. The summed E-state index contributed by atoms with van der Waals surface area (Å²) in [6.07, 6.45) is 0.493. The molecular formula is C2H5ClN2OS. The van der Waals surface area contributed by atoms with Crippen LogP contribution >= 0.6 is 23.5 Å². The molecule has 0 aliphatic heterocycles. The van der Waals surface area contributed by atoms with Crippen LogP contribution in [0.25, 0.3) is 0 Å². The number of nitrogens with two attached hydrogens (primary N) is 1. The third kappa shape index (κ3) is 3.91. The van der Waals surface area contributed by atoms with Gasteiger partial charge in [0.2, 0.25) is 6.41 Å². The third-order valence-corrected chi connectivity index (χ3v) is 1.08. The van der Waals surface area contributed by atoms with Gasteiger partial charge in [-0.05, 0) is 11.9 Å². The minimum Gasteiger partial charge on any atom is -0.276 e. The largest absolute Gasteiger partial charge is 0.276 e. The number of hydrazine groups is 1. The molecule has 0 aliphatic carbocycles. The fourth-order valence-corrected chi connectivity index (χ4v) is 0.598. The molecule has 7 heavy (non-hydrogen) atoms. The summed E-state index contributed by atoms with van der Waals surface area (Å²) in [5.74, 6) is 4.93. The average molecular weight is 141 g/mol. The van der Waals surface area contributed by atoms with Gasteiger partial charge < -0.3 is 0 Å². The van der Waals surface area contributed by atoms with Gasteiger partial charge in [0.25, 0.3) is 0 Å². The summed E-state index contributed by atoms with van der Waals surface area (Å²) in [6, 6.07) is 0. The first-order valence-electron chi connectivity index (χ1n) is 1.49. The highest BCUT2D eigenvalue weighted by Crippen LogP contribution is 2.01. The maximum absolute atomic E-state index is 9.62. The van der Waals surface area contributed by atoms with Crippen molar-refractivity contribution in [3.63, 3.8) is 0 Å². The minimum atomic E-state index is 0.301. The fourth-order valence-electron chi connectivity index (χ4n) is 0.0868. The molecule has 0 saturated heterocycles. The summed E-state index contributed by atoms with van der Waals surface area (Å²) >= 11 is 6.20. The molecule has 3 nitrogen and oxygen atoms in total. The van der Waals surface area contributed by atoms with Crippen molar-refractivity contribution >= 4 is 30.0 Å². The van der Waals surface area contributed by atoms with E-state index in [0.717, 1.165) is 16.4 Å². The highest BCUT2D eigenvalue weighted by molar-refractivity contribution is 7.98. The van der Waals surface area contributed by atoms with E-state index in [1.807, 2.05) is 0 Å². The molecule has 0 atom stereocenters. The zero-order valence-electron chi connectivity index (χ0n) is 3.50. The number of rotatable bonds is 3. The van der Waals surface area contributed by atoms with Crippen LogP contribution in [0, 0.1) is 0 Å². The first-order valence-corrected chi connectivity index (χ1v) is 2.97. The van der Waals surface area contributed by atoms with Gasteiger partial charge >= 0.3 is 0 Å². The van der Waals surface area contributed by atoms with Gasteiger partial charge in [0.15, 0.2) is 0 Å². The maximum atomic E-state index is 9.62. The van der Waals surface area contributed by atoms with E-state index in [1.54, 1.807) is 0 Å². The summed E-state index contributed by atoms with van der Waals surface area (Å²) < 4.78 is 0.910. The molecule has 0 spiro atoms. The molecule has 0 radical (unpaired) electrons. The third-order valence-electron chi connectivity index (χ3n) is 0.302. The molecule has 0 unspecified atom stereocenters. The van der Waals surface area contributed by atoms with Gasteiger partial charge in [-0.15, -0.1) is 11.6 Å². The summed E-state index contributed by atoms with van der Waals surface area (Å²) in [5.41, 5.74) is 0. The van der Waals surface area contributed by atoms with Crippen molar-refractivity contribution in [1.82, 2.24) is 4.41 Å². The van der Waals surface area contributed by atoms with E-state index in [0.29, 0.717) is 11.6 Å². The first kappa shape index (κ1) is 7.07. The van der Waals surface area contributed by atoms with Gasteiger partial charge in [-0.1, -0.05) is 0 Å². The van der Waals surface area contributed by atoms with Crippen LogP contribution in [-0.4, -0.2) is 16.0 Å². The number of alkyl halides is 1. The number of nitrogens with zero attached hydrogens (tertiary/aromatic N) is 1. The number of carbonyl (C=O) groups excluding carboxylic acids is 1. The van der Waals surface area contributed by atoms with Crippen LogP contribution in [0.2, 0.25) is 0 Å². The number of hydrogen-bond acceptors (Lipinski definition) is 3. The lowest BCUT2D eigenvalue weighted by Gasteiger charge is -2.02. The van der Waals surface area contributed by atoms with Crippen molar-refractivity contribution in [2.45, 2.75) is 0 Å². The van der Waals surface area contributed by atoms with Gasteiger partial charge in [0, 0.05) is 0 Å². The van der Waals surface area contributed by atoms with Gasteiger partial charge in [-0.25, -0.2) is 10.3 Å². The Morgan fingerprint density at radius 1 is 2.00 bits per heavy atom. The van der Waals surface area contributed by atoms with Gasteiger partial charge in [0.1, 0.15) is 0 Å². The zero-order chi connectivity index (χ0) is 5.70. The molecule has 0 heterocycles. The molecule has 0 aromatic carbocycles. The summed E-state index contributed by atoms with van der Waals surface area (Å²) in [5, 5.41) is 0.301. The second kappa shape index (κ2) is 4.23. The van der Waals surface area contributed by atoms with Crippen molar-refractivity contribution in [3.05, 3.63) is 0 Å². The number of carbonyl (C=O) groups is 1. The van der Waals surface area contributed by atoms with E-state index in [-0.39, 0.29) is 0 Å². The summed E-state index contributed by atoms with van der Waals surface area (Å²) in [7, 11) is 0. The van der Waals surface area contributed by atoms with Crippen LogP contribution in [0.5, 0.6) is 0 Å². The van der Waals surface area contributed by atoms with E-state index in [4.69, 9.17) is 17.4 Å². The average Bonchev–Trinajstić information content (AvgIpc) is 1.68. The maximum Gasteiger partial charge on any atom is 0.234 e. The van der Waals surface area contributed by atoms with Crippen molar-refractivity contribution < 1.29 is 4.79 Å². The molecule has 0 saturated carbocycles. The second-order valence-corrected chi connectivity index (χ2v) is 2.26. The lowest BCUT2D eigenvalue weighted by Crippen LogP contribution is -2.20. The molecule has 0 aromatic rings. The Kier molecular flexibility index (Phi) is 4.28. The molecule has 0 bridgehead atoms. The Morgan fingerprint density at radius 2 is 2.57 bits per heavy atom. The van der Waals surface area contributed by atoms with Gasteiger partial charge in [-0.2, -0.15) is 0 Å². The SMILES string of the molecule is NN(C=O)SCCl. The number of hydrogen-bond donors (Lipinski definition) is 1. The minimum absolute atomic E-state index is 0.301. The molecular weight excluding hydrogens is 136 g/mol. The van der Waals surface area contributed by atoms with Crippen LogP contribution in [-0.2, 0) is 4.79 Å². The topological polar surface area (TPSA) is 46.3 Å². The van der Waals surface area contributed by atoms with Gasteiger partial charge in [-0.3, -0.25) is 4.79 Å². The van der Waals surface area contributed by atoms with Crippen LogP contribution < -0.4 is 5.84 Å². The van der Waals surface area contributed by atoms with E-state index in [2.05, 4.69) is 0 Å². The van der Waals surface area contributed by atoms with Crippen LogP contribution in [0.1, 0.15) is 0 Å². The van der Waals surface area contributed by atoms with Crippen LogP contribution in [0.15, 0.2) is 0 Å². The number of amides is 1. The van der Waals surface area contributed by atoms with Crippen molar-refractivity contribution in [2.24, 2.45) is 5.84 Å².